The Balaban J connectivity index is 1.46. The average molecular weight is 445 g/mol. The lowest BCUT2D eigenvalue weighted by Crippen LogP contribution is -2.33. The number of methoxy groups -OCH3 is 1. The molecule has 1 aliphatic heterocycles. The Morgan fingerprint density at radius 3 is 2.52 bits per heavy atom. The van der Waals surface area contributed by atoms with Gasteiger partial charge in [-0.1, -0.05) is 24.3 Å². The van der Waals surface area contributed by atoms with Crippen molar-refractivity contribution in [1.82, 2.24) is 4.90 Å². The van der Waals surface area contributed by atoms with Crippen molar-refractivity contribution in [3.63, 3.8) is 0 Å². The quantitative estimate of drug-likeness (QED) is 0.417. The number of rotatable bonds is 5. The molecular weight excluding hydrogens is 421 g/mol. The molecule has 0 bridgehead atoms. The van der Waals surface area contributed by atoms with Crippen LogP contribution in [0.25, 0.3) is 22.1 Å². The highest BCUT2D eigenvalue weighted by atomic mass is 19.1. The Bertz CT molecular complexity index is 1360. The fourth-order valence-electron chi connectivity index (χ4n) is 4.29. The van der Waals surface area contributed by atoms with Crippen LogP contribution in [0.2, 0.25) is 0 Å². The third kappa shape index (κ3) is 4.10. The van der Waals surface area contributed by atoms with E-state index in [9.17, 15) is 9.18 Å². The molecule has 0 spiro atoms. The van der Waals surface area contributed by atoms with Gasteiger partial charge in [0, 0.05) is 13.1 Å². The molecule has 0 saturated heterocycles. The number of benzene rings is 3. The van der Waals surface area contributed by atoms with Crippen LogP contribution in [0, 0.1) is 12.7 Å². The molecule has 0 unspecified atom stereocenters. The summed E-state index contributed by atoms with van der Waals surface area (Å²) in [5, 5.41) is 0.536. The lowest BCUT2D eigenvalue weighted by molar-refractivity contribution is 0.0968. The molecule has 1 aliphatic rings. The standard InChI is InChI=1S/C27H24FNO4/c1-17-25(19-5-9-21(31-2)10-6-19)26(30)22-11-12-24-23(27(22)33-17)15-29(16-32-24)14-13-18-3-7-20(28)8-4-18/h3-12H,13-16H2,1-2H3. The van der Waals surface area contributed by atoms with Gasteiger partial charge in [-0.05, 0) is 60.9 Å². The van der Waals surface area contributed by atoms with Crippen molar-refractivity contribution in [3.05, 3.63) is 93.6 Å². The van der Waals surface area contributed by atoms with Gasteiger partial charge < -0.3 is 13.9 Å². The van der Waals surface area contributed by atoms with Crippen LogP contribution in [0.1, 0.15) is 16.9 Å². The van der Waals surface area contributed by atoms with Crippen molar-refractivity contribution in [2.24, 2.45) is 0 Å². The number of nitrogens with zero attached hydrogens (tertiary/aromatic N) is 1. The summed E-state index contributed by atoms with van der Waals surface area (Å²) < 4.78 is 30.6. The molecule has 0 fully saturated rings. The maximum Gasteiger partial charge on any atom is 0.200 e. The molecule has 1 aromatic heterocycles. The first kappa shape index (κ1) is 21.2. The van der Waals surface area contributed by atoms with Gasteiger partial charge in [0.15, 0.2) is 0 Å². The molecule has 5 nitrogen and oxygen atoms in total. The summed E-state index contributed by atoms with van der Waals surface area (Å²) in [5.41, 5.74) is 3.78. The van der Waals surface area contributed by atoms with Crippen LogP contribution in [0.15, 0.2) is 69.9 Å². The molecule has 2 heterocycles. The maximum absolute atomic E-state index is 13.4. The summed E-state index contributed by atoms with van der Waals surface area (Å²) in [7, 11) is 1.61. The van der Waals surface area contributed by atoms with Crippen molar-refractivity contribution in [2.75, 3.05) is 20.4 Å². The van der Waals surface area contributed by atoms with Crippen molar-refractivity contribution in [1.29, 1.82) is 0 Å². The van der Waals surface area contributed by atoms with Crippen LogP contribution in [0.4, 0.5) is 4.39 Å². The summed E-state index contributed by atoms with van der Waals surface area (Å²) in [5.74, 6) is 1.79. The zero-order chi connectivity index (χ0) is 22.9. The number of hydrogen-bond donors (Lipinski definition) is 0. The molecule has 6 heteroatoms. The highest BCUT2D eigenvalue weighted by molar-refractivity contribution is 5.86. The predicted molar refractivity (Wildman–Crippen MR) is 125 cm³/mol. The lowest BCUT2D eigenvalue weighted by atomic mass is 10.0. The fourth-order valence-corrected chi connectivity index (χ4v) is 4.29. The van der Waals surface area contributed by atoms with Gasteiger partial charge in [-0.3, -0.25) is 9.69 Å². The molecule has 0 radical (unpaired) electrons. The number of aryl methyl sites for hydroxylation is 1. The lowest BCUT2D eigenvalue weighted by Gasteiger charge is -2.29. The Labute approximate surface area is 191 Å². The van der Waals surface area contributed by atoms with Crippen LogP contribution in [0.5, 0.6) is 11.5 Å². The molecule has 0 amide bonds. The normalized spacial score (nSPS) is 13.5. The molecule has 0 saturated carbocycles. The number of hydrogen-bond acceptors (Lipinski definition) is 5. The Morgan fingerprint density at radius 1 is 1.03 bits per heavy atom. The monoisotopic (exact) mass is 445 g/mol. The molecular formula is C27H24FNO4. The first-order chi connectivity index (χ1) is 16.0. The predicted octanol–water partition coefficient (Wildman–Crippen LogP) is 5.31. The van der Waals surface area contributed by atoms with E-state index in [-0.39, 0.29) is 11.2 Å². The van der Waals surface area contributed by atoms with Gasteiger partial charge in [-0.2, -0.15) is 0 Å². The first-order valence-electron chi connectivity index (χ1n) is 10.9. The zero-order valence-electron chi connectivity index (χ0n) is 18.6. The van der Waals surface area contributed by atoms with Crippen molar-refractivity contribution in [3.8, 4) is 22.6 Å². The highest BCUT2D eigenvalue weighted by Crippen LogP contribution is 2.34. The van der Waals surface area contributed by atoms with Gasteiger partial charge in [-0.15, -0.1) is 0 Å². The highest BCUT2D eigenvalue weighted by Gasteiger charge is 2.24. The van der Waals surface area contributed by atoms with Crippen molar-refractivity contribution in [2.45, 2.75) is 19.9 Å². The van der Waals surface area contributed by atoms with E-state index in [2.05, 4.69) is 4.90 Å². The number of fused-ring (bicyclic) bond motifs is 3. The van der Waals surface area contributed by atoms with Crippen LogP contribution >= 0.6 is 0 Å². The van der Waals surface area contributed by atoms with E-state index in [1.165, 1.54) is 12.1 Å². The molecule has 0 N–H and O–H groups in total. The van der Waals surface area contributed by atoms with Crippen molar-refractivity contribution < 1.29 is 18.3 Å². The van der Waals surface area contributed by atoms with E-state index < -0.39 is 0 Å². The zero-order valence-corrected chi connectivity index (χ0v) is 18.6. The average Bonchev–Trinajstić information content (AvgIpc) is 2.84. The minimum absolute atomic E-state index is 0.0647. The van der Waals surface area contributed by atoms with Gasteiger partial charge in [0.1, 0.15) is 35.4 Å². The molecule has 4 aromatic rings. The molecule has 3 aromatic carbocycles. The second-order valence-corrected chi connectivity index (χ2v) is 8.21. The molecule has 5 rings (SSSR count). The van der Waals surface area contributed by atoms with Gasteiger partial charge in [-0.25, -0.2) is 4.39 Å². The first-order valence-corrected chi connectivity index (χ1v) is 10.9. The van der Waals surface area contributed by atoms with Crippen LogP contribution in [0.3, 0.4) is 0 Å². The smallest absolute Gasteiger partial charge is 0.200 e. The van der Waals surface area contributed by atoms with Crippen molar-refractivity contribution >= 4 is 11.0 Å². The summed E-state index contributed by atoms with van der Waals surface area (Å²) >= 11 is 0. The second-order valence-electron chi connectivity index (χ2n) is 8.21. The molecule has 0 atom stereocenters. The Hall–Kier alpha value is -3.64. The minimum atomic E-state index is -0.236. The third-order valence-electron chi connectivity index (χ3n) is 6.09. The maximum atomic E-state index is 13.4. The Morgan fingerprint density at radius 2 is 1.79 bits per heavy atom. The summed E-state index contributed by atoms with van der Waals surface area (Å²) in [6.45, 7) is 3.62. The largest absolute Gasteiger partial charge is 0.497 e. The van der Waals surface area contributed by atoms with E-state index in [0.717, 1.165) is 41.2 Å². The van der Waals surface area contributed by atoms with E-state index in [0.29, 0.717) is 35.6 Å². The molecule has 33 heavy (non-hydrogen) atoms. The van der Waals surface area contributed by atoms with Gasteiger partial charge >= 0.3 is 0 Å². The summed E-state index contributed by atoms with van der Waals surface area (Å²) in [4.78, 5) is 15.6. The van der Waals surface area contributed by atoms with Crippen LogP contribution in [-0.2, 0) is 13.0 Å². The number of ether oxygens (including phenoxy) is 2. The van der Waals surface area contributed by atoms with Crippen LogP contribution in [-0.4, -0.2) is 25.3 Å². The third-order valence-corrected chi connectivity index (χ3v) is 6.09. The van der Waals surface area contributed by atoms with Gasteiger partial charge in [0.2, 0.25) is 5.43 Å². The van der Waals surface area contributed by atoms with E-state index in [1.54, 1.807) is 25.3 Å². The summed E-state index contributed by atoms with van der Waals surface area (Å²) in [6, 6.07) is 17.6. The van der Waals surface area contributed by atoms with E-state index in [1.807, 2.05) is 37.3 Å². The Kier molecular flexibility index (Phi) is 5.60. The SMILES string of the molecule is COc1ccc(-c2c(C)oc3c4c(ccc3c2=O)OCN(CCc2ccc(F)cc2)C4)cc1. The number of halogens is 1. The van der Waals surface area contributed by atoms with Gasteiger partial charge in [0.25, 0.3) is 0 Å². The second kappa shape index (κ2) is 8.71. The van der Waals surface area contributed by atoms with E-state index in [4.69, 9.17) is 13.9 Å². The van der Waals surface area contributed by atoms with Crippen LogP contribution < -0.4 is 14.9 Å². The fraction of sp³-hybridized carbons (Fsp3) is 0.222. The van der Waals surface area contributed by atoms with E-state index >= 15 is 0 Å². The topological polar surface area (TPSA) is 51.9 Å². The molecule has 0 aliphatic carbocycles. The summed E-state index contributed by atoms with van der Waals surface area (Å²) in [6.07, 6.45) is 0.772. The van der Waals surface area contributed by atoms with Gasteiger partial charge in [0.05, 0.1) is 23.6 Å². The molecule has 168 valence electrons. The minimum Gasteiger partial charge on any atom is -0.497 e.